The molecular weight excluding hydrogens is 230 g/mol. The van der Waals surface area contributed by atoms with Crippen molar-refractivity contribution < 1.29 is 9.84 Å². The first kappa shape index (κ1) is 12.1. The van der Waals surface area contributed by atoms with E-state index in [0.717, 1.165) is 37.0 Å². The molecule has 1 saturated heterocycles. The highest BCUT2D eigenvalue weighted by Crippen LogP contribution is 2.31. The van der Waals surface area contributed by atoms with Crippen LogP contribution in [0.15, 0.2) is 6.07 Å². The predicted molar refractivity (Wildman–Crippen MR) is 67.2 cm³/mol. The zero-order valence-corrected chi connectivity index (χ0v) is 10.6. The van der Waals surface area contributed by atoms with Crippen LogP contribution in [0.5, 0.6) is 0 Å². The van der Waals surface area contributed by atoms with E-state index in [4.69, 9.17) is 9.84 Å². The first-order valence-electron chi connectivity index (χ1n) is 6.84. The van der Waals surface area contributed by atoms with Crippen LogP contribution in [0.25, 0.3) is 0 Å². The second-order valence-electron chi connectivity index (χ2n) is 5.35. The summed E-state index contributed by atoms with van der Waals surface area (Å²) >= 11 is 0. The molecular formula is C13H21N3O2. The number of hydrogen-bond acceptors (Lipinski definition) is 4. The molecule has 0 bridgehead atoms. The smallest absolute Gasteiger partial charge is 0.114 e. The van der Waals surface area contributed by atoms with Crippen LogP contribution >= 0.6 is 0 Å². The maximum absolute atomic E-state index is 8.90. The molecule has 0 unspecified atom stereocenters. The van der Waals surface area contributed by atoms with Gasteiger partial charge in [0.2, 0.25) is 0 Å². The monoisotopic (exact) mass is 251 g/mol. The first-order chi connectivity index (χ1) is 8.85. The molecule has 18 heavy (non-hydrogen) atoms. The highest BCUT2D eigenvalue weighted by Gasteiger charge is 2.29. The fraction of sp³-hybridized carbons (Fsp3) is 0.769. The number of nitrogens with zero attached hydrogens (tertiary/aromatic N) is 2. The molecule has 5 nitrogen and oxygen atoms in total. The third kappa shape index (κ3) is 2.91. The van der Waals surface area contributed by atoms with Crippen LogP contribution < -0.4 is 0 Å². The summed E-state index contributed by atoms with van der Waals surface area (Å²) in [6.45, 7) is 4.15. The average molecular weight is 251 g/mol. The molecule has 3 rings (SSSR count). The van der Waals surface area contributed by atoms with Crippen molar-refractivity contribution in [2.45, 2.75) is 25.4 Å². The van der Waals surface area contributed by atoms with Crippen LogP contribution in [0.3, 0.4) is 0 Å². The van der Waals surface area contributed by atoms with Crippen LogP contribution in [0.4, 0.5) is 0 Å². The topological polar surface area (TPSA) is 61.4 Å². The summed E-state index contributed by atoms with van der Waals surface area (Å²) in [5, 5.41) is 16.2. The van der Waals surface area contributed by atoms with Gasteiger partial charge in [0.1, 0.15) is 6.10 Å². The SMILES string of the molecule is OCCc1cc([C@H]2CN(CC3CC3)CCO2)n[nH]1. The minimum atomic E-state index is 0.0844. The maximum atomic E-state index is 8.90. The van der Waals surface area contributed by atoms with Gasteiger partial charge in [-0.3, -0.25) is 10.00 Å². The molecule has 0 radical (unpaired) electrons. The predicted octanol–water partition coefficient (Wildman–Crippen LogP) is 0.728. The van der Waals surface area contributed by atoms with E-state index in [1.807, 2.05) is 6.07 Å². The van der Waals surface area contributed by atoms with Crippen molar-refractivity contribution in [3.05, 3.63) is 17.5 Å². The van der Waals surface area contributed by atoms with Gasteiger partial charge in [0.25, 0.3) is 0 Å². The molecule has 0 aromatic carbocycles. The molecule has 100 valence electrons. The maximum Gasteiger partial charge on any atom is 0.114 e. The van der Waals surface area contributed by atoms with E-state index in [1.54, 1.807) is 0 Å². The highest BCUT2D eigenvalue weighted by molar-refractivity contribution is 5.12. The van der Waals surface area contributed by atoms with Gasteiger partial charge >= 0.3 is 0 Å². The molecule has 1 aromatic heterocycles. The van der Waals surface area contributed by atoms with Crippen LogP contribution in [0.1, 0.15) is 30.3 Å². The summed E-state index contributed by atoms with van der Waals surface area (Å²) < 4.78 is 5.80. The van der Waals surface area contributed by atoms with Gasteiger partial charge in [-0.05, 0) is 24.8 Å². The summed E-state index contributed by atoms with van der Waals surface area (Å²) in [6, 6.07) is 2.02. The molecule has 1 aliphatic heterocycles. The van der Waals surface area contributed by atoms with E-state index in [-0.39, 0.29) is 12.7 Å². The van der Waals surface area contributed by atoms with Crippen LogP contribution in [-0.4, -0.2) is 53.1 Å². The molecule has 1 atom stereocenters. The second kappa shape index (κ2) is 5.38. The Hall–Kier alpha value is -0.910. The molecule has 2 aliphatic rings. The van der Waals surface area contributed by atoms with Gasteiger partial charge in [0.05, 0.1) is 12.3 Å². The summed E-state index contributed by atoms with van der Waals surface area (Å²) in [6.07, 6.45) is 3.50. The summed E-state index contributed by atoms with van der Waals surface area (Å²) in [5.74, 6) is 0.924. The molecule has 1 saturated carbocycles. The van der Waals surface area contributed by atoms with E-state index in [9.17, 15) is 0 Å². The number of H-pyrrole nitrogens is 1. The van der Waals surface area contributed by atoms with E-state index in [0.29, 0.717) is 6.42 Å². The third-order valence-electron chi connectivity index (χ3n) is 3.73. The lowest BCUT2D eigenvalue weighted by Gasteiger charge is -2.32. The second-order valence-corrected chi connectivity index (χ2v) is 5.35. The fourth-order valence-electron chi connectivity index (χ4n) is 2.51. The van der Waals surface area contributed by atoms with Gasteiger partial charge in [-0.15, -0.1) is 0 Å². The Labute approximate surface area is 107 Å². The standard InChI is InChI=1S/C13H21N3O2/c17-5-3-11-7-12(15-14-11)13-9-16(4-6-18-13)8-10-1-2-10/h7,10,13,17H,1-6,8-9H2,(H,14,15)/t13-/m1/s1. The van der Waals surface area contributed by atoms with Crippen molar-refractivity contribution in [2.75, 3.05) is 32.8 Å². The van der Waals surface area contributed by atoms with Crippen molar-refractivity contribution in [3.63, 3.8) is 0 Å². The summed E-state index contributed by atoms with van der Waals surface area (Å²) in [7, 11) is 0. The quantitative estimate of drug-likeness (QED) is 0.810. The van der Waals surface area contributed by atoms with E-state index >= 15 is 0 Å². The van der Waals surface area contributed by atoms with E-state index in [1.165, 1.54) is 19.4 Å². The lowest BCUT2D eigenvalue weighted by atomic mass is 10.1. The zero-order valence-electron chi connectivity index (χ0n) is 10.6. The molecule has 2 heterocycles. The van der Waals surface area contributed by atoms with Crippen LogP contribution in [0, 0.1) is 5.92 Å². The Balaban J connectivity index is 1.59. The number of hydrogen-bond donors (Lipinski definition) is 2. The molecule has 0 spiro atoms. The number of aromatic amines is 1. The van der Waals surface area contributed by atoms with Gasteiger partial charge < -0.3 is 9.84 Å². The van der Waals surface area contributed by atoms with Gasteiger partial charge in [-0.2, -0.15) is 5.10 Å². The van der Waals surface area contributed by atoms with Crippen LogP contribution in [-0.2, 0) is 11.2 Å². The van der Waals surface area contributed by atoms with E-state index in [2.05, 4.69) is 15.1 Å². The zero-order chi connectivity index (χ0) is 12.4. The molecule has 2 N–H and O–H groups in total. The van der Waals surface area contributed by atoms with Crippen molar-refractivity contribution >= 4 is 0 Å². The molecule has 5 heteroatoms. The lowest BCUT2D eigenvalue weighted by Crippen LogP contribution is -2.39. The number of nitrogens with one attached hydrogen (secondary N) is 1. The number of aromatic nitrogens is 2. The Kier molecular flexibility index (Phi) is 3.63. The van der Waals surface area contributed by atoms with Gasteiger partial charge in [-0.25, -0.2) is 0 Å². The molecule has 1 aromatic rings. The Morgan fingerprint density at radius 3 is 3.17 bits per heavy atom. The number of ether oxygens (including phenoxy) is 1. The Morgan fingerprint density at radius 1 is 1.50 bits per heavy atom. The van der Waals surface area contributed by atoms with Gasteiger partial charge in [0.15, 0.2) is 0 Å². The van der Waals surface area contributed by atoms with E-state index < -0.39 is 0 Å². The third-order valence-corrected chi connectivity index (χ3v) is 3.73. The Morgan fingerprint density at radius 2 is 2.39 bits per heavy atom. The minimum absolute atomic E-state index is 0.0844. The van der Waals surface area contributed by atoms with Crippen molar-refractivity contribution in [1.82, 2.24) is 15.1 Å². The summed E-state index contributed by atoms with van der Waals surface area (Å²) in [5.41, 5.74) is 1.95. The number of morpholine rings is 1. The average Bonchev–Trinajstić information content (AvgIpc) is 3.06. The van der Waals surface area contributed by atoms with Crippen molar-refractivity contribution in [3.8, 4) is 0 Å². The van der Waals surface area contributed by atoms with Crippen LogP contribution in [0.2, 0.25) is 0 Å². The highest BCUT2D eigenvalue weighted by atomic mass is 16.5. The number of aliphatic hydroxyl groups is 1. The largest absolute Gasteiger partial charge is 0.396 e. The minimum Gasteiger partial charge on any atom is -0.396 e. The number of rotatable bonds is 5. The normalized spacial score (nSPS) is 25.5. The molecule has 1 aliphatic carbocycles. The van der Waals surface area contributed by atoms with Gasteiger partial charge in [-0.1, -0.05) is 0 Å². The molecule has 2 fully saturated rings. The summed E-state index contributed by atoms with van der Waals surface area (Å²) in [4.78, 5) is 2.49. The molecule has 0 amide bonds. The number of aliphatic hydroxyl groups excluding tert-OH is 1. The van der Waals surface area contributed by atoms with Gasteiger partial charge in [0, 0.05) is 38.4 Å². The van der Waals surface area contributed by atoms with Crippen molar-refractivity contribution in [1.29, 1.82) is 0 Å². The first-order valence-corrected chi connectivity index (χ1v) is 6.84. The fourth-order valence-corrected chi connectivity index (χ4v) is 2.51. The van der Waals surface area contributed by atoms with Crippen molar-refractivity contribution in [2.24, 2.45) is 5.92 Å². The lowest BCUT2D eigenvalue weighted by molar-refractivity contribution is -0.0334. The Bertz CT molecular complexity index is 389.